The van der Waals surface area contributed by atoms with Gasteiger partial charge < -0.3 is 10.2 Å². The molecule has 1 atom stereocenters. The molecule has 0 aliphatic rings. The van der Waals surface area contributed by atoms with E-state index in [2.05, 4.69) is 5.32 Å². The Hall–Kier alpha value is -2.00. The maximum atomic E-state index is 13.4. The first-order valence-electron chi connectivity index (χ1n) is 10.1. The van der Waals surface area contributed by atoms with Crippen molar-refractivity contribution in [2.75, 3.05) is 23.7 Å². The number of nitrogens with one attached hydrogen (secondary N) is 1. The molecule has 2 aromatic rings. The molecule has 0 radical (unpaired) electrons. The van der Waals surface area contributed by atoms with Crippen molar-refractivity contribution in [2.45, 2.75) is 33.4 Å². The Balaban J connectivity index is 2.46. The fraction of sp³-hybridized carbons (Fsp3) is 0.364. The van der Waals surface area contributed by atoms with Gasteiger partial charge in [-0.05, 0) is 56.2 Å². The molecule has 0 saturated carbocycles. The summed E-state index contributed by atoms with van der Waals surface area (Å²) in [6.45, 7) is 4.85. The van der Waals surface area contributed by atoms with Crippen LogP contribution in [-0.2, 0) is 26.2 Å². The summed E-state index contributed by atoms with van der Waals surface area (Å²) in [5.41, 5.74) is 1.37. The summed E-state index contributed by atoms with van der Waals surface area (Å²) in [6, 6.07) is 8.75. The van der Waals surface area contributed by atoms with Gasteiger partial charge in [-0.15, -0.1) is 0 Å². The van der Waals surface area contributed by atoms with Gasteiger partial charge in [0.05, 0.1) is 11.9 Å². The molecule has 1 N–H and O–H groups in total. The predicted molar refractivity (Wildman–Crippen MR) is 134 cm³/mol. The van der Waals surface area contributed by atoms with Crippen molar-refractivity contribution in [3.8, 4) is 0 Å². The first kappa shape index (κ1) is 27.2. The van der Waals surface area contributed by atoms with Gasteiger partial charge in [0.25, 0.3) is 0 Å². The average molecular weight is 535 g/mol. The summed E-state index contributed by atoms with van der Waals surface area (Å²) in [5, 5.41) is 3.81. The van der Waals surface area contributed by atoms with E-state index in [1.54, 1.807) is 51.1 Å². The highest BCUT2D eigenvalue weighted by Gasteiger charge is 2.31. The Kier molecular flexibility index (Phi) is 9.43. The van der Waals surface area contributed by atoms with Crippen molar-refractivity contribution < 1.29 is 18.0 Å². The van der Waals surface area contributed by atoms with Crippen molar-refractivity contribution in [2.24, 2.45) is 0 Å². The number of anilines is 1. The van der Waals surface area contributed by atoms with Crippen LogP contribution in [-0.4, -0.2) is 50.5 Å². The van der Waals surface area contributed by atoms with Crippen LogP contribution in [0.3, 0.4) is 0 Å². The lowest BCUT2D eigenvalue weighted by Crippen LogP contribution is -2.51. The summed E-state index contributed by atoms with van der Waals surface area (Å²) in [6.07, 6.45) is 1.01. The third-order valence-electron chi connectivity index (χ3n) is 5.06. The van der Waals surface area contributed by atoms with Crippen LogP contribution >= 0.6 is 34.8 Å². The topological polar surface area (TPSA) is 86.8 Å². The minimum atomic E-state index is -3.85. The van der Waals surface area contributed by atoms with Crippen LogP contribution in [0.2, 0.25) is 15.1 Å². The molecule has 0 unspecified atom stereocenters. The van der Waals surface area contributed by atoms with E-state index in [-0.39, 0.29) is 18.1 Å². The van der Waals surface area contributed by atoms with E-state index in [4.69, 9.17) is 34.8 Å². The quantitative estimate of drug-likeness (QED) is 0.520. The highest BCUT2D eigenvalue weighted by atomic mass is 35.5. The van der Waals surface area contributed by atoms with Gasteiger partial charge in [-0.3, -0.25) is 13.9 Å². The molecule has 0 aromatic heterocycles. The molecule has 0 aliphatic carbocycles. The zero-order chi connectivity index (χ0) is 24.9. The second-order valence-corrected chi connectivity index (χ2v) is 10.6. The number of rotatable bonds is 9. The number of nitrogens with zero attached hydrogens (tertiary/aromatic N) is 2. The van der Waals surface area contributed by atoms with Crippen molar-refractivity contribution >= 4 is 62.3 Å². The third kappa shape index (κ3) is 6.99. The number of likely N-dealkylation sites (N-methyl/N-ethyl adjacent to an activating group) is 1. The molecule has 0 saturated heterocycles. The van der Waals surface area contributed by atoms with Crippen molar-refractivity contribution in [1.29, 1.82) is 0 Å². The molecular weight excluding hydrogens is 509 g/mol. The van der Waals surface area contributed by atoms with Crippen LogP contribution in [0.15, 0.2) is 36.4 Å². The summed E-state index contributed by atoms with van der Waals surface area (Å²) in [7, 11) is -3.85. The number of amides is 2. The summed E-state index contributed by atoms with van der Waals surface area (Å²) >= 11 is 18.4. The number of benzene rings is 2. The largest absolute Gasteiger partial charge is 0.355 e. The number of hydrogen-bond donors (Lipinski definition) is 1. The van der Waals surface area contributed by atoms with Crippen LogP contribution < -0.4 is 9.62 Å². The third-order valence-corrected chi connectivity index (χ3v) is 7.18. The summed E-state index contributed by atoms with van der Waals surface area (Å²) in [5.74, 6) is -0.953. The van der Waals surface area contributed by atoms with E-state index >= 15 is 0 Å². The molecule has 0 bridgehead atoms. The Morgan fingerprint density at radius 2 is 1.76 bits per heavy atom. The number of sulfonamides is 1. The summed E-state index contributed by atoms with van der Waals surface area (Å²) < 4.78 is 26.2. The monoisotopic (exact) mass is 533 g/mol. The molecule has 33 heavy (non-hydrogen) atoms. The van der Waals surface area contributed by atoms with Gasteiger partial charge in [0.15, 0.2) is 0 Å². The zero-order valence-electron chi connectivity index (χ0n) is 18.7. The predicted octanol–water partition coefficient (Wildman–Crippen LogP) is 4.27. The van der Waals surface area contributed by atoms with Crippen LogP contribution in [0.5, 0.6) is 0 Å². The summed E-state index contributed by atoms with van der Waals surface area (Å²) in [4.78, 5) is 27.3. The Morgan fingerprint density at radius 1 is 1.09 bits per heavy atom. The standard InChI is InChI=1S/C22H26Cl3N3O4S/c1-5-26-22(30)15(3)27(12-16-9-10-17(23)11-19(16)25)21(29)13-28(33(4,31)32)20-8-6-7-18(24)14(20)2/h6-11,15H,5,12-13H2,1-4H3,(H,26,30)/t15-/m0/s1. The maximum Gasteiger partial charge on any atom is 0.244 e. The van der Waals surface area contributed by atoms with Crippen LogP contribution in [0, 0.1) is 6.92 Å². The number of carbonyl (C=O) groups excluding carboxylic acids is 2. The molecule has 7 nitrogen and oxygen atoms in total. The molecule has 2 amide bonds. The zero-order valence-corrected chi connectivity index (χ0v) is 21.8. The smallest absolute Gasteiger partial charge is 0.244 e. The first-order chi connectivity index (χ1) is 15.4. The van der Waals surface area contributed by atoms with Gasteiger partial charge in [0.1, 0.15) is 12.6 Å². The fourth-order valence-corrected chi connectivity index (χ4v) is 4.74. The second kappa shape index (κ2) is 11.4. The van der Waals surface area contributed by atoms with Gasteiger partial charge >= 0.3 is 0 Å². The number of carbonyl (C=O) groups is 2. The van der Waals surface area contributed by atoms with Gasteiger partial charge in [-0.1, -0.05) is 46.9 Å². The number of halogens is 3. The maximum absolute atomic E-state index is 13.4. The second-order valence-electron chi connectivity index (χ2n) is 7.48. The average Bonchev–Trinajstić information content (AvgIpc) is 2.72. The molecule has 0 fully saturated rings. The number of hydrogen-bond acceptors (Lipinski definition) is 4. The van der Waals surface area contributed by atoms with E-state index in [1.165, 1.54) is 11.0 Å². The van der Waals surface area contributed by atoms with E-state index < -0.39 is 28.5 Å². The molecule has 0 aliphatic heterocycles. The lowest BCUT2D eigenvalue weighted by molar-refractivity contribution is -0.139. The molecule has 11 heteroatoms. The molecule has 0 spiro atoms. The van der Waals surface area contributed by atoms with Crippen molar-refractivity contribution in [3.05, 3.63) is 62.6 Å². The van der Waals surface area contributed by atoms with E-state index in [1.807, 2.05) is 0 Å². The van der Waals surface area contributed by atoms with E-state index in [0.29, 0.717) is 32.7 Å². The lowest BCUT2D eigenvalue weighted by Gasteiger charge is -2.32. The van der Waals surface area contributed by atoms with Crippen LogP contribution in [0.1, 0.15) is 25.0 Å². The highest BCUT2D eigenvalue weighted by molar-refractivity contribution is 7.92. The molecule has 2 rings (SSSR count). The van der Waals surface area contributed by atoms with Crippen LogP contribution in [0.25, 0.3) is 0 Å². The Labute approximate surface area is 209 Å². The first-order valence-corrected chi connectivity index (χ1v) is 13.1. The fourth-order valence-electron chi connectivity index (χ4n) is 3.20. The van der Waals surface area contributed by atoms with E-state index in [9.17, 15) is 18.0 Å². The van der Waals surface area contributed by atoms with Gasteiger partial charge in [-0.25, -0.2) is 8.42 Å². The van der Waals surface area contributed by atoms with Gasteiger partial charge in [0, 0.05) is 28.2 Å². The van der Waals surface area contributed by atoms with E-state index in [0.717, 1.165) is 10.6 Å². The minimum Gasteiger partial charge on any atom is -0.355 e. The Morgan fingerprint density at radius 3 is 2.33 bits per heavy atom. The molecule has 0 heterocycles. The SMILES string of the molecule is CCNC(=O)[C@H](C)N(Cc1ccc(Cl)cc1Cl)C(=O)CN(c1cccc(Cl)c1C)S(C)(=O)=O. The molecule has 2 aromatic carbocycles. The van der Waals surface area contributed by atoms with Crippen LogP contribution in [0.4, 0.5) is 5.69 Å². The normalized spacial score (nSPS) is 12.2. The van der Waals surface area contributed by atoms with Gasteiger partial charge in [0.2, 0.25) is 21.8 Å². The lowest BCUT2D eigenvalue weighted by atomic mass is 10.1. The van der Waals surface area contributed by atoms with Crippen molar-refractivity contribution in [3.63, 3.8) is 0 Å². The van der Waals surface area contributed by atoms with Gasteiger partial charge in [-0.2, -0.15) is 0 Å². The Bertz CT molecular complexity index is 1140. The minimum absolute atomic E-state index is 0.0146. The van der Waals surface area contributed by atoms with Crippen molar-refractivity contribution in [1.82, 2.24) is 10.2 Å². The molecule has 180 valence electrons. The molecular formula is C22H26Cl3N3O4S. The highest BCUT2D eigenvalue weighted by Crippen LogP contribution is 2.29.